The summed E-state index contributed by atoms with van der Waals surface area (Å²) in [6.07, 6.45) is 5.16. The van der Waals surface area contributed by atoms with Crippen LogP contribution >= 0.6 is 11.3 Å². The molecule has 0 amide bonds. The summed E-state index contributed by atoms with van der Waals surface area (Å²) < 4.78 is 11.4. The van der Waals surface area contributed by atoms with Gasteiger partial charge in [0.2, 0.25) is 5.13 Å². The number of rotatable bonds is 8. The van der Waals surface area contributed by atoms with E-state index in [1.807, 2.05) is 31.2 Å². The molecule has 0 bridgehead atoms. The SMILES string of the molecule is C=Cc1n[nH]c2ccc(OCC(=C)NC(/C=C(\C)N3CCOCC3)=Nc3ncc(C#N)s3)cc12. The number of aliphatic imine (C=N–C) groups is 1. The number of thiazole rings is 1. The predicted octanol–water partition coefficient (Wildman–Crippen LogP) is 3.98. The maximum atomic E-state index is 9.09. The van der Waals surface area contributed by atoms with Gasteiger partial charge >= 0.3 is 0 Å². The van der Waals surface area contributed by atoms with Crippen molar-refractivity contribution in [1.82, 2.24) is 25.4 Å². The molecule has 0 spiro atoms. The molecule has 9 nitrogen and oxygen atoms in total. The van der Waals surface area contributed by atoms with Crippen LogP contribution < -0.4 is 10.1 Å². The average molecular weight is 476 g/mol. The van der Waals surface area contributed by atoms with Crippen molar-refractivity contribution in [2.75, 3.05) is 32.9 Å². The first-order valence-corrected chi connectivity index (χ1v) is 11.5. The quantitative estimate of drug-likeness (QED) is 0.374. The van der Waals surface area contributed by atoms with Crippen LogP contribution in [0.5, 0.6) is 5.75 Å². The summed E-state index contributed by atoms with van der Waals surface area (Å²) in [5.41, 5.74) is 3.36. The maximum absolute atomic E-state index is 9.09. The van der Waals surface area contributed by atoms with Gasteiger partial charge in [0.25, 0.3) is 0 Å². The highest BCUT2D eigenvalue weighted by molar-refractivity contribution is 7.15. The topological polar surface area (TPSA) is 111 Å². The fourth-order valence-electron chi connectivity index (χ4n) is 3.42. The molecule has 1 saturated heterocycles. The number of fused-ring (bicyclic) bond motifs is 1. The largest absolute Gasteiger partial charge is 0.487 e. The van der Waals surface area contributed by atoms with E-state index in [0.29, 0.717) is 40.5 Å². The molecule has 0 aliphatic carbocycles. The van der Waals surface area contributed by atoms with Crippen molar-refractivity contribution >= 4 is 39.3 Å². The van der Waals surface area contributed by atoms with E-state index in [9.17, 15) is 0 Å². The Kier molecular flexibility index (Phi) is 7.37. The average Bonchev–Trinajstić information content (AvgIpc) is 3.49. The third kappa shape index (κ3) is 5.70. The first-order chi connectivity index (χ1) is 16.6. The number of aromatic nitrogens is 3. The number of nitrogens with one attached hydrogen (secondary N) is 2. The molecule has 174 valence electrons. The van der Waals surface area contributed by atoms with Crippen LogP contribution in [0.2, 0.25) is 0 Å². The third-order valence-corrected chi connectivity index (χ3v) is 5.95. The Bertz CT molecular complexity index is 1290. The van der Waals surface area contributed by atoms with Gasteiger partial charge in [-0.05, 0) is 37.3 Å². The molecule has 1 fully saturated rings. The second-order valence-electron chi connectivity index (χ2n) is 7.54. The van der Waals surface area contributed by atoms with Crippen molar-refractivity contribution in [3.05, 3.63) is 65.6 Å². The van der Waals surface area contributed by atoms with Crippen molar-refractivity contribution in [1.29, 1.82) is 5.26 Å². The Morgan fingerprint density at radius 2 is 2.26 bits per heavy atom. The molecule has 0 saturated carbocycles. The standard InChI is InChI=1S/C24H25N7O2S/c1-4-21-20-12-18(5-6-22(20)30-29-21)33-15-16(2)27-23(28-24-26-14-19(13-25)34-24)11-17(3)31-7-9-32-10-8-31/h4-6,11-12,14H,1-2,7-10,15H2,3H3,(H,29,30)(H,26,27,28)/b17-11+. The minimum absolute atomic E-state index is 0.234. The fraction of sp³-hybridized carbons (Fsp3) is 0.250. The Labute approximate surface area is 201 Å². The summed E-state index contributed by atoms with van der Waals surface area (Å²) in [6, 6.07) is 7.79. The minimum atomic E-state index is 0.234. The highest BCUT2D eigenvalue weighted by atomic mass is 32.1. The number of nitriles is 1. The highest BCUT2D eigenvalue weighted by Gasteiger charge is 2.12. The van der Waals surface area contributed by atoms with Gasteiger partial charge in [-0.15, -0.1) is 0 Å². The summed E-state index contributed by atoms with van der Waals surface area (Å²) in [7, 11) is 0. The molecule has 0 unspecified atom stereocenters. The molecule has 1 aliphatic heterocycles. The van der Waals surface area contributed by atoms with E-state index < -0.39 is 0 Å². The Hall–Kier alpha value is -3.94. The van der Waals surface area contributed by atoms with Crippen LogP contribution in [-0.2, 0) is 4.74 Å². The maximum Gasteiger partial charge on any atom is 0.212 e. The van der Waals surface area contributed by atoms with Crippen molar-refractivity contribution in [3.63, 3.8) is 0 Å². The second kappa shape index (κ2) is 10.8. The summed E-state index contributed by atoms with van der Waals surface area (Å²) in [6.45, 7) is 13.2. The van der Waals surface area contributed by atoms with Crippen LogP contribution in [0.4, 0.5) is 5.13 Å². The molecule has 0 atom stereocenters. The molecule has 2 aromatic heterocycles. The van der Waals surface area contributed by atoms with E-state index in [2.05, 4.69) is 49.6 Å². The third-order valence-electron chi connectivity index (χ3n) is 5.15. The summed E-state index contributed by atoms with van der Waals surface area (Å²) in [5, 5.41) is 20.9. The number of hydrogen-bond acceptors (Lipinski definition) is 8. The molecule has 1 aliphatic rings. The van der Waals surface area contributed by atoms with Crippen molar-refractivity contribution in [2.24, 2.45) is 4.99 Å². The number of allylic oxidation sites excluding steroid dienone is 1. The molecule has 3 heterocycles. The zero-order valence-corrected chi connectivity index (χ0v) is 19.7. The van der Waals surface area contributed by atoms with E-state index in [0.717, 1.165) is 35.4 Å². The molecule has 2 N–H and O–H groups in total. The van der Waals surface area contributed by atoms with Crippen LogP contribution in [0.3, 0.4) is 0 Å². The number of hydrogen-bond donors (Lipinski definition) is 2. The number of ether oxygens (including phenoxy) is 2. The lowest BCUT2D eigenvalue weighted by Crippen LogP contribution is -2.35. The van der Waals surface area contributed by atoms with Crippen LogP contribution in [0.15, 0.2) is 60.0 Å². The van der Waals surface area contributed by atoms with Gasteiger partial charge in [0, 0.05) is 29.9 Å². The predicted molar refractivity (Wildman–Crippen MR) is 134 cm³/mol. The van der Waals surface area contributed by atoms with Crippen molar-refractivity contribution in [3.8, 4) is 11.8 Å². The first-order valence-electron chi connectivity index (χ1n) is 10.7. The molecule has 3 aromatic rings. The monoisotopic (exact) mass is 475 g/mol. The van der Waals surface area contributed by atoms with E-state index >= 15 is 0 Å². The van der Waals surface area contributed by atoms with Gasteiger partial charge < -0.3 is 19.7 Å². The van der Waals surface area contributed by atoms with Gasteiger partial charge in [0.05, 0.1) is 30.6 Å². The number of morpholine rings is 1. The number of benzene rings is 1. The van der Waals surface area contributed by atoms with Gasteiger partial charge in [-0.25, -0.2) is 9.98 Å². The molecular weight excluding hydrogens is 450 g/mol. The van der Waals surface area contributed by atoms with Crippen LogP contribution in [-0.4, -0.2) is 58.8 Å². The number of amidine groups is 1. The first kappa shape index (κ1) is 23.2. The normalized spacial score (nSPS) is 14.6. The summed E-state index contributed by atoms with van der Waals surface area (Å²) in [5.74, 6) is 1.26. The van der Waals surface area contributed by atoms with Gasteiger partial charge in [0.15, 0.2) is 0 Å². The molecule has 4 rings (SSSR count). The van der Waals surface area contributed by atoms with E-state index in [-0.39, 0.29) is 6.61 Å². The summed E-state index contributed by atoms with van der Waals surface area (Å²) in [4.78, 5) is 11.6. The molecule has 1 aromatic carbocycles. The number of H-pyrrole nitrogens is 1. The van der Waals surface area contributed by atoms with Gasteiger partial charge in [-0.2, -0.15) is 10.4 Å². The Balaban J connectivity index is 1.48. The zero-order chi connectivity index (χ0) is 23.9. The summed E-state index contributed by atoms with van der Waals surface area (Å²) >= 11 is 1.23. The molecule has 34 heavy (non-hydrogen) atoms. The van der Waals surface area contributed by atoms with Crippen molar-refractivity contribution in [2.45, 2.75) is 6.92 Å². The lowest BCUT2D eigenvalue weighted by molar-refractivity contribution is 0.0538. The lowest BCUT2D eigenvalue weighted by atomic mass is 10.2. The second-order valence-corrected chi connectivity index (χ2v) is 8.55. The number of nitrogens with zero attached hydrogens (tertiary/aromatic N) is 5. The molecular formula is C24H25N7O2S. The van der Waals surface area contributed by atoms with Crippen LogP contribution in [0.25, 0.3) is 17.0 Å². The van der Waals surface area contributed by atoms with Gasteiger partial charge in [-0.3, -0.25) is 5.10 Å². The number of aromatic amines is 1. The van der Waals surface area contributed by atoms with Gasteiger partial charge in [-0.1, -0.05) is 24.5 Å². The lowest BCUT2D eigenvalue weighted by Gasteiger charge is -2.29. The van der Waals surface area contributed by atoms with Gasteiger partial charge in [0.1, 0.15) is 29.1 Å². The van der Waals surface area contributed by atoms with E-state index in [1.165, 1.54) is 17.5 Å². The van der Waals surface area contributed by atoms with E-state index in [4.69, 9.17) is 14.7 Å². The molecule has 0 radical (unpaired) electrons. The van der Waals surface area contributed by atoms with Crippen molar-refractivity contribution < 1.29 is 9.47 Å². The Morgan fingerprint density at radius 1 is 1.44 bits per heavy atom. The minimum Gasteiger partial charge on any atom is -0.487 e. The highest BCUT2D eigenvalue weighted by Crippen LogP contribution is 2.23. The molecule has 10 heteroatoms. The smallest absolute Gasteiger partial charge is 0.212 e. The zero-order valence-electron chi connectivity index (χ0n) is 18.9. The van der Waals surface area contributed by atoms with Crippen LogP contribution in [0.1, 0.15) is 17.5 Å². The Morgan fingerprint density at radius 3 is 3.00 bits per heavy atom. The van der Waals surface area contributed by atoms with E-state index in [1.54, 1.807) is 6.08 Å². The fourth-order valence-corrected chi connectivity index (χ4v) is 4.02. The van der Waals surface area contributed by atoms with Crippen LogP contribution in [0, 0.1) is 11.3 Å².